The number of carbonyl (C=O) groups excluding carboxylic acids is 1. The number of rotatable bonds is 7. The molecule has 1 aliphatic heterocycles. The van der Waals surface area contributed by atoms with Gasteiger partial charge in [-0.05, 0) is 47.5 Å². The van der Waals surface area contributed by atoms with Crippen LogP contribution in [-0.4, -0.2) is 49.1 Å². The fourth-order valence-electron chi connectivity index (χ4n) is 3.83. The zero-order chi connectivity index (χ0) is 21.5. The molecule has 0 spiro atoms. The summed E-state index contributed by atoms with van der Waals surface area (Å²) in [4.78, 5) is 21.4. The lowest BCUT2D eigenvalue weighted by molar-refractivity contribution is 0.0950. The van der Waals surface area contributed by atoms with Gasteiger partial charge in [-0.3, -0.25) is 14.7 Å². The first-order valence-corrected chi connectivity index (χ1v) is 10.6. The highest BCUT2D eigenvalue weighted by atomic mass is 16.5. The number of methoxy groups -OCH3 is 1. The van der Waals surface area contributed by atoms with Crippen molar-refractivity contribution in [2.45, 2.75) is 13.1 Å². The molecule has 1 amide bonds. The third-order valence-corrected chi connectivity index (χ3v) is 5.59. The normalized spacial score (nSPS) is 14.3. The summed E-state index contributed by atoms with van der Waals surface area (Å²) in [7, 11) is 1.70. The van der Waals surface area contributed by atoms with Gasteiger partial charge >= 0.3 is 0 Å². The van der Waals surface area contributed by atoms with Gasteiger partial charge in [0.05, 0.1) is 7.11 Å². The maximum atomic E-state index is 12.6. The highest BCUT2D eigenvalue weighted by molar-refractivity contribution is 5.94. The fraction of sp³-hybridized carbons (Fsp3) is 0.280. The molecular formula is C25H28N4O2. The number of pyridine rings is 1. The number of benzene rings is 2. The van der Waals surface area contributed by atoms with Crippen molar-refractivity contribution in [1.29, 1.82) is 0 Å². The first-order valence-electron chi connectivity index (χ1n) is 10.6. The van der Waals surface area contributed by atoms with E-state index in [0.717, 1.165) is 49.6 Å². The molecule has 1 saturated heterocycles. The Hall–Kier alpha value is -3.38. The number of aromatic nitrogens is 1. The monoisotopic (exact) mass is 416 g/mol. The summed E-state index contributed by atoms with van der Waals surface area (Å²) in [6.45, 7) is 5.25. The Morgan fingerprint density at radius 1 is 0.968 bits per heavy atom. The van der Waals surface area contributed by atoms with Crippen LogP contribution in [0.1, 0.15) is 21.5 Å². The molecule has 2 aromatic carbocycles. The van der Waals surface area contributed by atoms with Gasteiger partial charge in [0.1, 0.15) is 5.75 Å². The number of amides is 1. The number of nitrogens with zero attached hydrogens (tertiary/aromatic N) is 3. The van der Waals surface area contributed by atoms with Crippen molar-refractivity contribution in [1.82, 2.24) is 15.2 Å². The van der Waals surface area contributed by atoms with Crippen molar-refractivity contribution >= 4 is 11.6 Å². The molecule has 4 rings (SSSR count). The predicted octanol–water partition coefficient (Wildman–Crippen LogP) is 3.34. The number of nitrogens with one attached hydrogen (secondary N) is 1. The van der Waals surface area contributed by atoms with Crippen LogP contribution in [0.4, 0.5) is 5.69 Å². The Bertz CT molecular complexity index is 1000. The zero-order valence-corrected chi connectivity index (χ0v) is 17.8. The molecule has 6 nitrogen and oxygen atoms in total. The summed E-state index contributed by atoms with van der Waals surface area (Å²) >= 11 is 0. The minimum Gasteiger partial charge on any atom is -0.497 e. The molecule has 3 aromatic rings. The van der Waals surface area contributed by atoms with Gasteiger partial charge in [-0.1, -0.05) is 18.2 Å². The van der Waals surface area contributed by atoms with Crippen LogP contribution in [0.25, 0.3) is 0 Å². The fourth-order valence-corrected chi connectivity index (χ4v) is 3.83. The molecular weight excluding hydrogens is 388 g/mol. The Morgan fingerprint density at radius 2 is 1.74 bits per heavy atom. The first-order chi connectivity index (χ1) is 15.2. The lowest BCUT2D eigenvalue weighted by Gasteiger charge is -2.36. The summed E-state index contributed by atoms with van der Waals surface area (Å²) in [6, 6.07) is 19.9. The number of anilines is 1. The maximum Gasteiger partial charge on any atom is 0.251 e. The van der Waals surface area contributed by atoms with E-state index in [9.17, 15) is 4.79 Å². The Balaban J connectivity index is 1.30. The van der Waals surface area contributed by atoms with E-state index in [1.807, 2.05) is 42.5 Å². The molecule has 31 heavy (non-hydrogen) atoms. The van der Waals surface area contributed by atoms with E-state index in [4.69, 9.17) is 4.74 Å². The lowest BCUT2D eigenvalue weighted by Crippen LogP contribution is -2.46. The average molecular weight is 417 g/mol. The molecule has 0 radical (unpaired) electrons. The number of ether oxygens (including phenoxy) is 1. The van der Waals surface area contributed by atoms with Crippen molar-refractivity contribution in [2.75, 3.05) is 38.2 Å². The second-order valence-electron chi connectivity index (χ2n) is 7.70. The third-order valence-electron chi connectivity index (χ3n) is 5.59. The standard InChI is InChI=1S/C25H28N4O2/c1-31-24-7-3-6-23(17-24)29-14-12-28(13-15-29)19-21-4-2-5-22(16-21)25(30)27-18-20-8-10-26-11-9-20/h2-11,16-17H,12-15,18-19H2,1H3,(H,27,30). The second-order valence-corrected chi connectivity index (χ2v) is 7.70. The average Bonchev–Trinajstić information content (AvgIpc) is 2.84. The number of hydrogen-bond donors (Lipinski definition) is 1. The van der Waals surface area contributed by atoms with Gasteiger partial charge in [0, 0.05) is 69.0 Å². The summed E-state index contributed by atoms with van der Waals surface area (Å²) in [5.41, 5.74) is 4.09. The predicted molar refractivity (Wildman–Crippen MR) is 122 cm³/mol. The molecule has 0 saturated carbocycles. The Labute approximate surface area is 183 Å². The second kappa shape index (κ2) is 10.1. The highest BCUT2D eigenvalue weighted by Crippen LogP contribution is 2.22. The minimum atomic E-state index is -0.0542. The molecule has 1 N–H and O–H groups in total. The summed E-state index contributed by atoms with van der Waals surface area (Å²) in [6.07, 6.45) is 3.46. The van der Waals surface area contributed by atoms with Gasteiger partial charge in [-0.2, -0.15) is 0 Å². The lowest BCUT2D eigenvalue weighted by atomic mass is 10.1. The van der Waals surface area contributed by atoms with Crippen LogP contribution in [0.15, 0.2) is 73.1 Å². The molecule has 1 aromatic heterocycles. The van der Waals surface area contributed by atoms with Crippen LogP contribution in [0, 0.1) is 0 Å². The van der Waals surface area contributed by atoms with Crippen molar-refractivity contribution in [3.63, 3.8) is 0 Å². The van der Waals surface area contributed by atoms with E-state index >= 15 is 0 Å². The van der Waals surface area contributed by atoms with Gasteiger partial charge in [-0.25, -0.2) is 0 Å². The molecule has 2 heterocycles. The summed E-state index contributed by atoms with van der Waals surface area (Å²) < 4.78 is 5.35. The quantitative estimate of drug-likeness (QED) is 0.640. The van der Waals surface area contributed by atoms with E-state index in [0.29, 0.717) is 12.1 Å². The molecule has 1 fully saturated rings. The van der Waals surface area contributed by atoms with Crippen LogP contribution in [0.3, 0.4) is 0 Å². The third kappa shape index (κ3) is 5.61. The molecule has 0 atom stereocenters. The van der Waals surface area contributed by atoms with Gasteiger partial charge in [0.15, 0.2) is 0 Å². The maximum absolute atomic E-state index is 12.6. The highest BCUT2D eigenvalue weighted by Gasteiger charge is 2.18. The van der Waals surface area contributed by atoms with Crippen LogP contribution >= 0.6 is 0 Å². The SMILES string of the molecule is COc1cccc(N2CCN(Cc3cccc(C(=O)NCc4ccncc4)c3)CC2)c1. The minimum absolute atomic E-state index is 0.0542. The molecule has 6 heteroatoms. The molecule has 0 unspecified atom stereocenters. The van der Waals surface area contributed by atoms with Crippen molar-refractivity contribution < 1.29 is 9.53 Å². The molecule has 1 aliphatic rings. The van der Waals surface area contributed by atoms with Crippen molar-refractivity contribution in [3.05, 3.63) is 89.7 Å². The zero-order valence-electron chi connectivity index (χ0n) is 17.8. The van der Waals surface area contributed by atoms with Crippen LogP contribution in [0.2, 0.25) is 0 Å². The Morgan fingerprint density at radius 3 is 2.52 bits per heavy atom. The summed E-state index contributed by atoms with van der Waals surface area (Å²) in [5, 5.41) is 2.98. The molecule has 160 valence electrons. The van der Waals surface area contributed by atoms with Gasteiger partial charge in [0.25, 0.3) is 5.91 Å². The number of piperazine rings is 1. The van der Waals surface area contributed by atoms with Crippen molar-refractivity contribution in [3.8, 4) is 5.75 Å². The van der Waals surface area contributed by atoms with Crippen molar-refractivity contribution in [2.24, 2.45) is 0 Å². The largest absolute Gasteiger partial charge is 0.497 e. The molecule has 0 bridgehead atoms. The van der Waals surface area contributed by atoms with Crippen LogP contribution in [-0.2, 0) is 13.1 Å². The summed E-state index contributed by atoms with van der Waals surface area (Å²) in [5.74, 6) is 0.834. The van der Waals surface area contributed by atoms with E-state index < -0.39 is 0 Å². The smallest absolute Gasteiger partial charge is 0.251 e. The van der Waals surface area contributed by atoms with E-state index in [1.54, 1.807) is 19.5 Å². The van der Waals surface area contributed by atoms with E-state index in [-0.39, 0.29) is 5.91 Å². The number of hydrogen-bond acceptors (Lipinski definition) is 5. The topological polar surface area (TPSA) is 57.7 Å². The van der Waals surface area contributed by atoms with E-state index in [2.05, 4.69) is 38.3 Å². The van der Waals surface area contributed by atoms with Gasteiger partial charge in [-0.15, -0.1) is 0 Å². The Kier molecular flexibility index (Phi) is 6.79. The molecule has 0 aliphatic carbocycles. The first kappa shape index (κ1) is 20.9. The van der Waals surface area contributed by atoms with E-state index in [1.165, 1.54) is 5.69 Å². The van der Waals surface area contributed by atoms with Crippen LogP contribution in [0.5, 0.6) is 5.75 Å². The van der Waals surface area contributed by atoms with Gasteiger partial charge in [0.2, 0.25) is 0 Å². The van der Waals surface area contributed by atoms with Crippen LogP contribution < -0.4 is 15.0 Å². The van der Waals surface area contributed by atoms with Gasteiger partial charge < -0.3 is 15.0 Å². The number of carbonyl (C=O) groups is 1.